The zero-order valence-electron chi connectivity index (χ0n) is 12.9. The van der Waals surface area contributed by atoms with E-state index in [2.05, 4.69) is 10.2 Å². The lowest BCUT2D eigenvalue weighted by Gasteiger charge is -2.35. The second kappa shape index (κ2) is 9.08. The molecule has 6 heteroatoms. The van der Waals surface area contributed by atoms with E-state index < -0.39 is 0 Å². The molecule has 0 aromatic heterocycles. The van der Waals surface area contributed by atoms with Crippen molar-refractivity contribution in [1.29, 1.82) is 0 Å². The third-order valence-electron chi connectivity index (χ3n) is 3.96. The van der Waals surface area contributed by atoms with Crippen molar-refractivity contribution in [3.63, 3.8) is 0 Å². The highest BCUT2D eigenvalue weighted by atomic mass is 35.5. The molecule has 0 radical (unpaired) electrons. The van der Waals surface area contributed by atoms with Crippen LogP contribution in [-0.2, 0) is 11.3 Å². The van der Waals surface area contributed by atoms with Crippen LogP contribution in [0.1, 0.15) is 31.7 Å². The molecule has 1 aliphatic heterocycles. The van der Waals surface area contributed by atoms with E-state index in [-0.39, 0.29) is 36.2 Å². The lowest BCUT2D eigenvalue weighted by atomic mass is 10.00. The SMILES string of the molecule is C[C@@H](CN)NC(=O)C1CCCCN1Cc1ccc(F)cc1.Cl. The van der Waals surface area contributed by atoms with E-state index in [0.29, 0.717) is 13.1 Å². The van der Waals surface area contributed by atoms with Gasteiger partial charge in [-0.25, -0.2) is 4.39 Å². The van der Waals surface area contributed by atoms with Crippen molar-refractivity contribution in [2.45, 2.75) is 44.8 Å². The van der Waals surface area contributed by atoms with Crippen LogP contribution in [0.2, 0.25) is 0 Å². The molecule has 1 aromatic carbocycles. The minimum Gasteiger partial charge on any atom is -0.351 e. The molecule has 1 amide bonds. The molecule has 0 aliphatic carbocycles. The summed E-state index contributed by atoms with van der Waals surface area (Å²) in [7, 11) is 0. The number of likely N-dealkylation sites (tertiary alicyclic amines) is 1. The topological polar surface area (TPSA) is 58.4 Å². The van der Waals surface area contributed by atoms with Crippen molar-refractivity contribution in [3.8, 4) is 0 Å². The van der Waals surface area contributed by atoms with Gasteiger partial charge >= 0.3 is 0 Å². The summed E-state index contributed by atoms with van der Waals surface area (Å²) in [5.41, 5.74) is 6.59. The van der Waals surface area contributed by atoms with Gasteiger partial charge in [0.1, 0.15) is 5.82 Å². The number of rotatable bonds is 5. The fourth-order valence-corrected chi connectivity index (χ4v) is 2.70. The maximum absolute atomic E-state index is 13.0. The van der Waals surface area contributed by atoms with Crippen molar-refractivity contribution in [2.24, 2.45) is 5.73 Å². The van der Waals surface area contributed by atoms with Crippen molar-refractivity contribution in [3.05, 3.63) is 35.6 Å². The summed E-state index contributed by atoms with van der Waals surface area (Å²) in [6.07, 6.45) is 3.02. The summed E-state index contributed by atoms with van der Waals surface area (Å²) in [5, 5.41) is 2.96. The fraction of sp³-hybridized carbons (Fsp3) is 0.562. The van der Waals surface area contributed by atoms with Gasteiger partial charge in [0.05, 0.1) is 6.04 Å². The second-order valence-electron chi connectivity index (χ2n) is 5.75. The quantitative estimate of drug-likeness (QED) is 0.869. The van der Waals surface area contributed by atoms with Gasteiger partial charge in [-0.3, -0.25) is 9.69 Å². The smallest absolute Gasteiger partial charge is 0.237 e. The van der Waals surface area contributed by atoms with Gasteiger partial charge in [-0.2, -0.15) is 0 Å². The summed E-state index contributed by atoms with van der Waals surface area (Å²) in [6, 6.07) is 6.36. The molecule has 2 rings (SSSR count). The number of hydrogen-bond donors (Lipinski definition) is 2. The van der Waals surface area contributed by atoms with E-state index in [1.165, 1.54) is 12.1 Å². The first-order chi connectivity index (χ1) is 10.1. The predicted octanol–water partition coefficient (Wildman–Crippen LogP) is 2.07. The molecule has 22 heavy (non-hydrogen) atoms. The second-order valence-corrected chi connectivity index (χ2v) is 5.75. The molecule has 0 saturated carbocycles. The number of nitrogens with zero attached hydrogens (tertiary/aromatic N) is 1. The summed E-state index contributed by atoms with van der Waals surface area (Å²) in [6.45, 7) is 3.92. The third kappa shape index (κ3) is 5.23. The molecule has 0 bridgehead atoms. The van der Waals surface area contributed by atoms with Crippen LogP contribution < -0.4 is 11.1 Å². The Hall–Kier alpha value is -1.17. The molecule has 0 spiro atoms. The summed E-state index contributed by atoms with van der Waals surface area (Å²) < 4.78 is 13.0. The molecule has 3 N–H and O–H groups in total. The van der Waals surface area contributed by atoms with Gasteiger partial charge < -0.3 is 11.1 Å². The zero-order chi connectivity index (χ0) is 15.2. The van der Waals surface area contributed by atoms with Crippen molar-refractivity contribution < 1.29 is 9.18 Å². The lowest BCUT2D eigenvalue weighted by Crippen LogP contribution is -2.52. The Morgan fingerprint density at radius 1 is 1.41 bits per heavy atom. The van der Waals surface area contributed by atoms with Crippen LogP contribution in [0, 0.1) is 5.82 Å². The Bertz CT molecular complexity index is 469. The van der Waals surface area contributed by atoms with Crippen LogP contribution in [0.15, 0.2) is 24.3 Å². The number of nitrogens with two attached hydrogens (primary N) is 1. The number of nitrogens with one attached hydrogen (secondary N) is 1. The normalized spacial score (nSPS) is 20.0. The molecule has 1 aliphatic rings. The first-order valence-electron chi connectivity index (χ1n) is 7.59. The van der Waals surface area contributed by atoms with Gasteiger partial charge in [0.15, 0.2) is 0 Å². The summed E-state index contributed by atoms with van der Waals surface area (Å²) in [5.74, 6) is -0.182. The van der Waals surface area contributed by atoms with E-state index in [0.717, 1.165) is 31.4 Å². The van der Waals surface area contributed by atoms with Crippen LogP contribution in [0.5, 0.6) is 0 Å². The maximum Gasteiger partial charge on any atom is 0.237 e. The Kier molecular flexibility index (Phi) is 7.79. The highest BCUT2D eigenvalue weighted by molar-refractivity contribution is 5.85. The predicted molar refractivity (Wildman–Crippen MR) is 88.4 cm³/mol. The average Bonchev–Trinajstić information content (AvgIpc) is 2.50. The third-order valence-corrected chi connectivity index (χ3v) is 3.96. The van der Waals surface area contributed by atoms with E-state index in [9.17, 15) is 9.18 Å². The Morgan fingerprint density at radius 2 is 2.09 bits per heavy atom. The van der Waals surface area contributed by atoms with Gasteiger partial charge in [-0.1, -0.05) is 18.6 Å². The molecular weight excluding hydrogens is 305 g/mol. The zero-order valence-corrected chi connectivity index (χ0v) is 13.7. The number of benzene rings is 1. The molecule has 4 nitrogen and oxygen atoms in total. The van der Waals surface area contributed by atoms with E-state index in [1.807, 2.05) is 6.92 Å². The number of carbonyl (C=O) groups is 1. The Labute approximate surface area is 137 Å². The number of amides is 1. The molecule has 1 fully saturated rings. The van der Waals surface area contributed by atoms with Crippen molar-refractivity contribution >= 4 is 18.3 Å². The first kappa shape index (κ1) is 18.9. The maximum atomic E-state index is 13.0. The number of carbonyl (C=O) groups excluding carboxylic acids is 1. The van der Waals surface area contributed by atoms with E-state index >= 15 is 0 Å². The number of hydrogen-bond acceptors (Lipinski definition) is 3. The molecule has 1 saturated heterocycles. The van der Waals surface area contributed by atoms with Crippen LogP contribution in [0.3, 0.4) is 0 Å². The van der Waals surface area contributed by atoms with Crippen LogP contribution >= 0.6 is 12.4 Å². The van der Waals surface area contributed by atoms with Crippen molar-refractivity contribution in [2.75, 3.05) is 13.1 Å². The monoisotopic (exact) mass is 329 g/mol. The minimum absolute atomic E-state index is 0. The Balaban J connectivity index is 0.00000242. The minimum atomic E-state index is -0.233. The van der Waals surface area contributed by atoms with Gasteiger partial charge in [-0.15, -0.1) is 12.4 Å². The highest BCUT2D eigenvalue weighted by Crippen LogP contribution is 2.20. The number of piperidine rings is 1. The summed E-state index contributed by atoms with van der Waals surface area (Å²) in [4.78, 5) is 14.5. The highest BCUT2D eigenvalue weighted by Gasteiger charge is 2.29. The molecule has 1 aromatic rings. The molecular formula is C16H25ClFN3O. The van der Waals surface area contributed by atoms with Gasteiger partial charge in [0.2, 0.25) is 5.91 Å². The van der Waals surface area contributed by atoms with Crippen molar-refractivity contribution in [1.82, 2.24) is 10.2 Å². The van der Waals surface area contributed by atoms with Crippen LogP contribution in [0.25, 0.3) is 0 Å². The van der Waals surface area contributed by atoms with Gasteiger partial charge in [0, 0.05) is 19.1 Å². The van der Waals surface area contributed by atoms with E-state index in [4.69, 9.17) is 5.73 Å². The van der Waals surface area contributed by atoms with Crippen LogP contribution in [-0.4, -0.2) is 36.0 Å². The summed E-state index contributed by atoms with van der Waals surface area (Å²) >= 11 is 0. The standard InChI is InChI=1S/C16H24FN3O.ClH/c1-12(10-18)19-16(21)15-4-2-3-9-20(15)11-13-5-7-14(17)8-6-13;/h5-8,12,15H,2-4,9-11,18H2,1H3,(H,19,21);1H/t12-,15?;/m0./s1. The molecule has 1 unspecified atom stereocenters. The first-order valence-corrected chi connectivity index (χ1v) is 7.59. The average molecular weight is 330 g/mol. The fourth-order valence-electron chi connectivity index (χ4n) is 2.70. The number of halogens is 2. The molecule has 124 valence electrons. The van der Waals surface area contributed by atoms with Gasteiger partial charge in [0.25, 0.3) is 0 Å². The van der Waals surface area contributed by atoms with E-state index in [1.54, 1.807) is 12.1 Å². The Morgan fingerprint density at radius 3 is 2.73 bits per heavy atom. The van der Waals surface area contributed by atoms with Crippen LogP contribution in [0.4, 0.5) is 4.39 Å². The van der Waals surface area contributed by atoms with Gasteiger partial charge in [-0.05, 0) is 44.0 Å². The molecule has 2 atom stereocenters. The molecule has 1 heterocycles. The largest absolute Gasteiger partial charge is 0.351 e. The lowest BCUT2D eigenvalue weighted by molar-refractivity contribution is -0.128.